The van der Waals surface area contributed by atoms with Gasteiger partial charge in [-0.3, -0.25) is 0 Å². The Bertz CT molecular complexity index is 671. The highest BCUT2D eigenvalue weighted by molar-refractivity contribution is 5.80. The van der Waals surface area contributed by atoms with Gasteiger partial charge in [-0.15, -0.1) is 0 Å². The second-order valence-electron chi connectivity index (χ2n) is 4.38. The first-order chi connectivity index (χ1) is 8.97. The molecule has 0 amide bonds. The molecule has 100 valence electrons. The fraction of sp³-hybridized carbons (Fsp3) is 0.286. The molecule has 1 heterocycles. The number of rotatable bonds is 4. The third kappa shape index (κ3) is 3.00. The first kappa shape index (κ1) is 13.3. The average molecular weight is 262 g/mol. The highest BCUT2D eigenvalue weighted by Crippen LogP contribution is 2.19. The molecule has 0 radical (unpaired) electrons. The SMILES string of the molecule is Cc1ccc2c(CO[C@H](C)C(=O)O)cc(=O)oc2c1. The van der Waals surface area contributed by atoms with Gasteiger partial charge in [0.05, 0.1) is 6.61 Å². The average Bonchev–Trinajstić information content (AvgIpc) is 2.34. The Labute approximate surface area is 109 Å². The molecule has 0 saturated carbocycles. The summed E-state index contributed by atoms with van der Waals surface area (Å²) in [6.07, 6.45) is -0.923. The fourth-order valence-electron chi connectivity index (χ4n) is 1.74. The molecular weight excluding hydrogens is 248 g/mol. The molecule has 5 nitrogen and oxygen atoms in total. The number of fused-ring (bicyclic) bond motifs is 1. The Kier molecular flexibility index (Phi) is 3.66. The molecule has 1 atom stereocenters. The van der Waals surface area contributed by atoms with Crippen LogP contribution in [0.25, 0.3) is 11.0 Å². The zero-order valence-corrected chi connectivity index (χ0v) is 10.7. The first-order valence-corrected chi connectivity index (χ1v) is 5.85. The van der Waals surface area contributed by atoms with Crippen molar-refractivity contribution in [2.45, 2.75) is 26.6 Å². The van der Waals surface area contributed by atoms with E-state index in [1.165, 1.54) is 13.0 Å². The van der Waals surface area contributed by atoms with Crippen LogP contribution >= 0.6 is 0 Å². The van der Waals surface area contributed by atoms with Crippen molar-refractivity contribution in [2.24, 2.45) is 0 Å². The summed E-state index contributed by atoms with van der Waals surface area (Å²) in [5.41, 5.74) is 1.61. The van der Waals surface area contributed by atoms with Crippen LogP contribution in [0.4, 0.5) is 0 Å². The highest BCUT2D eigenvalue weighted by Gasteiger charge is 2.13. The van der Waals surface area contributed by atoms with E-state index in [1.807, 2.05) is 19.1 Å². The second kappa shape index (κ2) is 5.24. The van der Waals surface area contributed by atoms with Gasteiger partial charge >= 0.3 is 11.6 Å². The largest absolute Gasteiger partial charge is 0.479 e. The molecule has 1 N–H and O–H groups in total. The van der Waals surface area contributed by atoms with E-state index in [4.69, 9.17) is 14.3 Å². The van der Waals surface area contributed by atoms with Crippen molar-refractivity contribution in [2.75, 3.05) is 0 Å². The molecule has 1 aromatic heterocycles. The van der Waals surface area contributed by atoms with Crippen LogP contribution in [0.15, 0.2) is 33.5 Å². The number of aliphatic carboxylic acids is 1. The number of benzene rings is 1. The van der Waals surface area contributed by atoms with Gasteiger partial charge in [-0.25, -0.2) is 9.59 Å². The van der Waals surface area contributed by atoms with Crippen molar-refractivity contribution in [3.63, 3.8) is 0 Å². The number of aryl methyl sites for hydroxylation is 1. The Hall–Kier alpha value is -2.14. The van der Waals surface area contributed by atoms with Gasteiger partial charge in [0.15, 0.2) is 6.10 Å². The number of hydrogen-bond acceptors (Lipinski definition) is 4. The van der Waals surface area contributed by atoms with Gasteiger partial charge in [0, 0.05) is 11.5 Å². The van der Waals surface area contributed by atoms with Gasteiger partial charge in [0.25, 0.3) is 0 Å². The van der Waals surface area contributed by atoms with Crippen LogP contribution < -0.4 is 5.63 Å². The molecule has 2 rings (SSSR count). The Morgan fingerprint density at radius 1 is 1.42 bits per heavy atom. The number of carboxylic acids is 1. The van der Waals surface area contributed by atoms with Crippen molar-refractivity contribution in [3.05, 3.63) is 45.8 Å². The number of ether oxygens (including phenoxy) is 1. The van der Waals surface area contributed by atoms with E-state index >= 15 is 0 Å². The van der Waals surface area contributed by atoms with Crippen LogP contribution in [-0.2, 0) is 16.1 Å². The summed E-state index contributed by atoms with van der Waals surface area (Å²) in [5, 5.41) is 9.51. The number of carboxylic acid groups (broad SMARTS) is 1. The van der Waals surface area contributed by atoms with Crippen molar-refractivity contribution in [1.29, 1.82) is 0 Å². The summed E-state index contributed by atoms with van der Waals surface area (Å²) in [5.74, 6) is -1.04. The lowest BCUT2D eigenvalue weighted by atomic mass is 10.1. The van der Waals surface area contributed by atoms with Crippen LogP contribution in [0.5, 0.6) is 0 Å². The fourth-order valence-corrected chi connectivity index (χ4v) is 1.74. The molecule has 2 aromatic rings. The zero-order valence-electron chi connectivity index (χ0n) is 10.7. The van der Waals surface area contributed by atoms with Gasteiger partial charge in [-0.2, -0.15) is 0 Å². The van der Waals surface area contributed by atoms with E-state index in [0.29, 0.717) is 11.1 Å². The van der Waals surface area contributed by atoms with E-state index < -0.39 is 17.7 Å². The summed E-state index contributed by atoms with van der Waals surface area (Å²) in [4.78, 5) is 22.1. The van der Waals surface area contributed by atoms with E-state index in [2.05, 4.69) is 0 Å². The summed E-state index contributed by atoms with van der Waals surface area (Å²) in [6.45, 7) is 3.40. The lowest BCUT2D eigenvalue weighted by Gasteiger charge is -2.10. The van der Waals surface area contributed by atoms with Crippen molar-refractivity contribution in [1.82, 2.24) is 0 Å². The van der Waals surface area contributed by atoms with Gasteiger partial charge in [0.2, 0.25) is 0 Å². The van der Waals surface area contributed by atoms with Gasteiger partial charge in [-0.05, 0) is 31.0 Å². The van der Waals surface area contributed by atoms with Gasteiger partial charge in [0.1, 0.15) is 5.58 Å². The predicted octanol–water partition coefficient (Wildman–Crippen LogP) is 2.09. The van der Waals surface area contributed by atoms with Crippen LogP contribution in [-0.4, -0.2) is 17.2 Å². The minimum absolute atomic E-state index is 0.0542. The van der Waals surface area contributed by atoms with Crippen molar-refractivity contribution in [3.8, 4) is 0 Å². The first-order valence-electron chi connectivity index (χ1n) is 5.85. The maximum atomic E-state index is 11.5. The van der Waals surface area contributed by atoms with Crippen LogP contribution in [0.1, 0.15) is 18.1 Å². The number of carbonyl (C=O) groups is 1. The van der Waals surface area contributed by atoms with Gasteiger partial charge < -0.3 is 14.3 Å². The third-order valence-electron chi connectivity index (χ3n) is 2.82. The molecule has 1 aromatic carbocycles. The summed E-state index contributed by atoms with van der Waals surface area (Å²) < 4.78 is 10.3. The molecule has 0 aliphatic heterocycles. The Morgan fingerprint density at radius 2 is 2.16 bits per heavy atom. The molecule has 0 unspecified atom stereocenters. The molecule has 0 saturated heterocycles. The third-order valence-corrected chi connectivity index (χ3v) is 2.82. The standard InChI is InChI=1S/C14H14O5/c1-8-3-4-11-10(7-18-9(2)14(16)17)6-13(15)19-12(11)5-8/h3-6,9H,7H2,1-2H3,(H,16,17)/t9-/m1/s1. The minimum Gasteiger partial charge on any atom is -0.479 e. The molecule has 0 aliphatic carbocycles. The lowest BCUT2D eigenvalue weighted by molar-refractivity contribution is -0.149. The molecule has 0 bridgehead atoms. The van der Waals surface area contributed by atoms with E-state index in [0.717, 1.165) is 10.9 Å². The molecule has 19 heavy (non-hydrogen) atoms. The second-order valence-corrected chi connectivity index (χ2v) is 4.38. The lowest BCUT2D eigenvalue weighted by Crippen LogP contribution is -2.19. The summed E-state index contributed by atoms with van der Waals surface area (Å²) >= 11 is 0. The highest BCUT2D eigenvalue weighted by atomic mass is 16.5. The molecular formula is C14H14O5. The Balaban J connectivity index is 2.37. The van der Waals surface area contributed by atoms with Crippen LogP contribution in [0.2, 0.25) is 0 Å². The van der Waals surface area contributed by atoms with Crippen molar-refractivity contribution < 1.29 is 19.1 Å². The predicted molar refractivity (Wildman–Crippen MR) is 69.1 cm³/mol. The van der Waals surface area contributed by atoms with E-state index in [9.17, 15) is 9.59 Å². The summed E-state index contributed by atoms with van der Waals surface area (Å²) in [7, 11) is 0. The van der Waals surface area contributed by atoms with Crippen molar-refractivity contribution >= 4 is 16.9 Å². The maximum absolute atomic E-state index is 11.5. The monoisotopic (exact) mass is 262 g/mol. The Morgan fingerprint density at radius 3 is 2.84 bits per heavy atom. The zero-order chi connectivity index (χ0) is 14.0. The molecule has 0 aliphatic rings. The van der Waals surface area contributed by atoms with Crippen LogP contribution in [0, 0.1) is 6.92 Å². The van der Waals surface area contributed by atoms with Crippen LogP contribution in [0.3, 0.4) is 0 Å². The van der Waals surface area contributed by atoms with E-state index in [1.54, 1.807) is 6.07 Å². The number of hydrogen-bond donors (Lipinski definition) is 1. The normalized spacial score (nSPS) is 12.5. The van der Waals surface area contributed by atoms with E-state index in [-0.39, 0.29) is 6.61 Å². The summed E-state index contributed by atoms with van der Waals surface area (Å²) in [6, 6.07) is 6.82. The quantitative estimate of drug-likeness (QED) is 0.854. The molecule has 5 heteroatoms. The topological polar surface area (TPSA) is 76.7 Å². The maximum Gasteiger partial charge on any atom is 0.336 e. The molecule has 0 spiro atoms. The molecule has 0 fully saturated rings. The van der Waals surface area contributed by atoms with Gasteiger partial charge in [-0.1, -0.05) is 12.1 Å². The minimum atomic E-state index is -1.04. The smallest absolute Gasteiger partial charge is 0.336 e.